The summed E-state index contributed by atoms with van der Waals surface area (Å²) >= 11 is 0. The number of piperazine rings is 1. The van der Waals surface area contributed by atoms with Crippen molar-refractivity contribution in [3.8, 4) is 11.9 Å². The Morgan fingerprint density at radius 2 is 1.93 bits per heavy atom. The number of carbonyl (C=O) groups is 1. The first kappa shape index (κ1) is 27.1. The van der Waals surface area contributed by atoms with Gasteiger partial charge in [0.2, 0.25) is 11.8 Å². The molecule has 6 rings (SSSR count). The van der Waals surface area contributed by atoms with Crippen molar-refractivity contribution in [2.75, 3.05) is 31.1 Å². The van der Waals surface area contributed by atoms with Crippen LogP contribution in [0.3, 0.4) is 0 Å². The van der Waals surface area contributed by atoms with Crippen LogP contribution in [-0.2, 0) is 19.7 Å². The molecule has 0 aliphatic carbocycles. The number of hydrogen-bond acceptors (Lipinski definition) is 9. The summed E-state index contributed by atoms with van der Waals surface area (Å²) in [4.78, 5) is 30.4. The topological polar surface area (TPSA) is 113 Å². The molecule has 0 saturated carbocycles. The summed E-state index contributed by atoms with van der Waals surface area (Å²) in [6.07, 6.45) is 3.17. The third kappa shape index (κ3) is 5.84. The summed E-state index contributed by atoms with van der Waals surface area (Å²) < 4.78 is 27.6. The number of aromatic nitrogens is 4. The number of oxazole rings is 1. The number of imidazole rings is 1. The van der Waals surface area contributed by atoms with Gasteiger partial charge >= 0.3 is 0 Å². The zero-order valence-electron chi connectivity index (χ0n) is 23.0. The second kappa shape index (κ2) is 11.8. The highest BCUT2D eigenvalue weighted by Crippen LogP contribution is 2.23. The number of hydrogen-bond donors (Lipinski definition) is 0. The van der Waals surface area contributed by atoms with Crippen molar-refractivity contribution >= 4 is 22.6 Å². The Morgan fingerprint density at radius 3 is 2.67 bits per heavy atom. The zero-order chi connectivity index (χ0) is 29.1. The van der Waals surface area contributed by atoms with Crippen molar-refractivity contribution in [3.63, 3.8) is 0 Å². The van der Waals surface area contributed by atoms with Crippen LogP contribution < -0.4 is 9.64 Å². The minimum Gasteiger partial charge on any atom is -0.473 e. The first-order chi connectivity index (χ1) is 20.5. The Labute approximate surface area is 241 Å². The van der Waals surface area contributed by atoms with Crippen LogP contribution in [0.25, 0.3) is 11.0 Å². The molecule has 0 radical (unpaired) electrons. The molecule has 0 bridgehead atoms. The largest absolute Gasteiger partial charge is 0.473 e. The van der Waals surface area contributed by atoms with E-state index < -0.39 is 5.82 Å². The summed E-state index contributed by atoms with van der Waals surface area (Å²) in [5.41, 5.74) is 2.96. The van der Waals surface area contributed by atoms with E-state index in [0.717, 1.165) is 48.9 Å². The average Bonchev–Trinajstić information content (AvgIpc) is 3.65. The van der Waals surface area contributed by atoms with Gasteiger partial charge in [0.25, 0.3) is 0 Å². The maximum Gasteiger partial charge on any atom is 0.215 e. The molecule has 42 heavy (non-hydrogen) atoms. The van der Waals surface area contributed by atoms with Crippen LogP contribution in [0.4, 0.5) is 10.2 Å². The van der Waals surface area contributed by atoms with Crippen molar-refractivity contribution in [1.29, 1.82) is 5.26 Å². The maximum absolute atomic E-state index is 14.2. The Bertz CT molecular complexity index is 1770. The highest BCUT2D eigenvalue weighted by atomic mass is 19.1. The highest BCUT2D eigenvalue weighted by Gasteiger charge is 2.22. The second-order valence-corrected chi connectivity index (χ2v) is 10.1. The summed E-state index contributed by atoms with van der Waals surface area (Å²) in [6, 6.07) is 17.4. The van der Waals surface area contributed by atoms with E-state index in [2.05, 4.69) is 24.3 Å². The van der Waals surface area contributed by atoms with Crippen molar-refractivity contribution in [2.24, 2.45) is 0 Å². The van der Waals surface area contributed by atoms with Crippen LogP contribution in [0.15, 0.2) is 71.5 Å². The van der Waals surface area contributed by atoms with Gasteiger partial charge in [0.15, 0.2) is 5.78 Å². The number of Topliss-reactive ketones (excluding diaryl/α,β-unsaturated/α-hetero) is 1. The maximum atomic E-state index is 14.2. The predicted molar refractivity (Wildman–Crippen MR) is 153 cm³/mol. The molecular formula is C31H28FN7O3. The molecule has 0 N–H and O–H groups in total. The molecule has 10 nitrogen and oxygen atoms in total. The SMILES string of the molecule is CC(=O)c1ccc2nc(CN3CCN(c4cccc(OCc5ccc(C#N)cc5F)n4)CC3)n(Cc3ncco3)c2c1. The number of ether oxygens (including phenoxy) is 1. The molecule has 1 aliphatic rings. The zero-order valence-corrected chi connectivity index (χ0v) is 23.0. The quantitative estimate of drug-likeness (QED) is 0.237. The van der Waals surface area contributed by atoms with Crippen LogP contribution in [0.2, 0.25) is 0 Å². The molecule has 11 heteroatoms. The molecule has 0 atom stereocenters. The molecule has 3 aromatic heterocycles. The molecule has 4 heterocycles. The fourth-order valence-corrected chi connectivity index (χ4v) is 5.04. The molecule has 0 amide bonds. The molecule has 0 unspecified atom stereocenters. The molecule has 0 spiro atoms. The highest BCUT2D eigenvalue weighted by molar-refractivity contribution is 5.97. The van der Waals surface area contributed by atoms with Gasteiger partial charge in [-0.05, 0) is 43.3 Å². The second-order valence-electron chi connectivity index (χ2n) is 10.1. The predicted octanol–water partition coefficient (Wildman–Crippen LogP) is 4.58. The van der Waals surface area contributed by atoms with Gasteiger partial charge in [-0.1, -0.05) is 12.1 Å². The summed E-state index contributed by atoms with van der Waals surface area (Å²) in [5.74, 6) is 2.17. The van der Waals surface area contributed by atoms with Gasteiger partial charge in [-0.25, -0.2) is 14.4 Å². The lowest BCUT2D eigenvalue weighted by Crippen LogP contribution is -2.46. The van der Waals surface area contributed by atoms with Gasteiger partial charge in [0.1, 0.15) is 36.9 Å². The van der Waals surface area contributed by atoms with Gasteiger partial charge in [0.05, 0.1) is 35.4 Å². The number of rotatable bonds is 9. The summed E-state index contributed by atoms with van der Waals surface area (Å²) in [5, 5.41) is 8.93. The van der Waals surface area contributed by atoms with E-state index in [1.54, 1.807) is 43.6 Å². The standard InChI is InChI=1S/C31H28FN7O3/c1-21(40)23-7-8-26-27(16-23)39(19-31-34-9-14-41-31)29(35-26)18-37-10-12-38(13-11-37)28-3-2-4-30(36-28)42-20-24-6-5-22(17-33)15-25(24)32/h2-9,14-16H,10-13,18-20H2,1H3. The van der Waals surface area contributed by atoms with E-state index in [9.17, 15) is 9.18 Å². The van der Waals surface area contributed by atoms with Crippen LogP contribution in [0, 0.1) is 17.1 Å². The summed E-state index contributed by atoms with van der Waals surface area (Å²) in [7, 11) is 0. The number of ketones is 1. The lowest BCUT2D eigenvalue weighted by atomic mass is 10.1. The summed E-state index contributed by atoms with van der Waals surface area (Å²) in [6.45, 7) is 5.74. The number of carbonyl (C=O) groups excluding carboxylic acids is 1. The number of nitrogens with zero attached hydrogens (tertiary/aromatic N) is 7. The lowest BCUT2D eigenvalue weighted by molar-refractivity contribution is 0.101. The van der Waals surface area contributed by atoms with Crippen LogP contribution in [0.1, 0.15) is 40.1 Å². The Kier molecular flexibility index (Phi) is 7.62. The fraction of sp³-hybridized carbons (Fsp3) is 0.258. The van der Waals surface area contributed by atoms with Crippen LogP contribution in [-0.4, -0.2) is 56.4 Å². The minimum absolute atomic E-state index is 0.00273. The van der Waals surface area contributed by atoms with Gasteiger partial charge in [-0.15, -0.1) is 0 Å². The molecular weight excluding hydrogens is 537 g/mol. The molecule has 1 aliphatic heterocycles. The smallest absolute Gasteiger partial charge is 0.215 e. The minimum atomic E-state index is -0.477. The number of benzene rings is 2. The number of nitriles is 1. The van der Waals surface area contributed by atoms with Crippen molar-refractivity contribution < 1.29 is 18.3 Å². The van der Waals surface area contributed by atoms with Crippen molar-refractivity contribution in [1.82, 2.24) is 24.4 Å². The third-order valence-corrected chi connectivity index (χ3v) is 7.34. The first-order valence-electron chi connectivity index (χ1n) is 13.6. The van der Waals surface area contributed by atoms with E-state index in [1.807, 2.05) is 30.3 Å². The average molecular weight is 566 g/mol. The van der Waals surface area contributed by atoms with Gasteiger partial charge in [0, 0.05) is 43.4 Å². The normalized spacial score (nSPS) is 13.8. The van der Waals surface area contributed by atoms with Crippen molar-refractivity contribution in [2.45, 2.75) is 26.6 Å². The number of fused-ring (bicyclic) bond motifs is 1. The molecule has 212 valence electrons. The van der Waals surface area contributed by atoms with Gasteiger partial charge in [-0.2, -0.15) is 10.2 Å². The van der Waals surface area contributed by atoms with Crippen LogP contribution >= 0.6 is 0 Å². The van der Waals surface area contributed by atoms with Crippen LogP contribution in [0.5, 0.6) is 5.88 Å². The van der Waals surface area contributed by atoms with Crippen molar-refractivity contribution in [3.05, 3.63) is 101 Å². The third-order valence-electron chi connectivity index (χ3n) is 7.34. The fourth-order valence-electron chi connectivity index (χ4n) is 5.04. The molecule has 2 aromatic carbocycles. The van der Waals surface area contributed by atoms with Gasteiger partial charge in [-0.3, -0.25) is 9.69 Å². The number of halogens is 1. The Hall–Kier alpha value is -5.08. The lowest BCUT2D eigenvalue weighted by Gasteiger charge is -2.35. The Balaban J connectivity index is 1.12. The van der Waals surface area contributed by atoms with E-state index in [4.69, 9.17) is 19.4 Å². The number of pyridine rings is 1. The van der Waals surface area contributed by atoms with E-state index in [-0.39, 0.29) is 18.0 Å². The van der Waals surface area contributed by atoms with E-state index in [0.29, 0.717) is 36.0 Å². The Morgan fingerprint density at radius 1 is 1.07 bits per heavy atom. The molecule has 1 saturated heterocycles. The monoisotopic (exact) mass is 565 g/mol. The van der Waals surface area contributed by atoms with E-state index >= 15 is 0 Å². The molecule has 1 fully saturated rings. The first-order valence-corrected chi connectivity index (χ1v) is 13.6. The van der Waals surface area contributed by atoms with Gasteiger partial charge < -0.3 is 18.6 Å². The van der Waals surface area contributed by atoms with E-state index in [1.165, 1.54) is 6.07 Å². The number of anilines is 1. The molecule has 5 aromatic rings.